The number of carbonyl (C=O) groups is 1. The number of carbonyl (C=O) groups excluding carboxylic acids is 1. The van der Waals surface area contributed by atoms with Crippen LogP contribution in [0.1, 0.15) is 37.9 Å². The maximum absolute atomic E-state index is 11.9. The molecule has 1 amide bonds. The number of hydrogen-bond acceptors (Lipinski definition) is 3. The molecule has 0 atom stereocenters. The monoisotopic (exact) mass is 386 g/mol. The summed E-state index contributed by atoms with van der Waals surface area (Å²) in [6.45, 7) is 2.93. The number of halogens is 2. The quantitative estimate of drug-likeness (QED) is 0.639. The third kappa shape index (κ3) is 6.84. The van der Waals surface area contributed by atoms with Gasteiger partial charge in [-0.25, -0.2) is 4.98 Å². The number of nitrogens with zero attached hydrogens (tertiary/aromatic N) is 1. The van der Waals surface area contributed by atoms with Crippen molar-refractivity contribution in [3.8, 4) is 0 Å². The Kier molecular flexibility index (Phi) is 9.86. The topological polar surface area (TPSA) is 69.8 Å². The summed E-state index contributed by atoms with van der Waals surface area (Å²) in [5.74, 6) is 1.90. The van der Waals surface area contributed by atoms with Gasteiger partial charge in [0, 0.05) is 19.4 Å². The van der Waals surface area contributed by atoms with E-state index < -0.39 is 0 Å². The van der Waals surface area contributed by atoms with Gasteiger partial charge in [0.2, 0.25) is 5.91 Å². The molecule has 1 aromatic heterocycles. The highest BCUT2D eigenvalue weighted by Crippen LogP contribution is 2.17. The number of imidazole rings is 1. The molecule has 0 spiro atoms. The predicted octanol–water partition coefficient (Wildman–Crippen LogP) is 3.24. The minimum Gasteiger partial charge on any atom is -0.356 e. The van der Waals surface area contributed by atoms with Crippen molar-refractivity contribution in [2.75, 3.05) is 19.6 Å². The lowest BCUT2D eigenvalue weighted by Crippen LogP contribution is -2.29. The highest BCUT2D eigenvalue weighted by atomic mass is 35.5. The molecule has 0 radical (unpaired) electrons. The van der Waals surface area contributed by atoms with Gasteiger partial charge in [0.25, 0.3) is 0 Å². The minimum absolute atomic E-state index is 0. The lowest BCUT2D eigenvalue weighted by atomic mass is 9.93. The van der Waals surface area contributed by atoms with Crippen molar-refractivity contribution in [2.24, 2.45) is 5.92 Å². The lowest BCUT2D eigenvalue weighted by Gasteiger charge is -2.22. The summed E-state index contributed by atoms with van der Waals surface area (Å²) in [5, 5.41) is 6.39. The van der Waals surface area contributed by atoms with Gasteiger partial charge in [-0.2, -0.15) is 0 Å². The second kappa shape index (κ2) is 11.3. The maximum Gasteiger partial charge on any atom is 0.220 e. The van der Waals surface area contributed by atoms with Crippen LogP contribution in [0, 0.1) is 5.92 Å². The summed E-state index contributed by atoms with van der Waals surface area (Å²) in [6.07, 6.45) is 5.88. The molecular weight excluding hydrogens is 359 g/mol. The molecule has 0 saturated carbocycles. The fourth-order valence-electron chi connectivity index (χ4n) is 3.20. The standard InChI is InChI=1S/C18H26N4O.2ClH/c23-18(8-7-14-9-12-19-13-10-14)20-11-3-6-17-21-15-4-1-2-5-16(15)22-17;;/h1-2,4-5,14,19H,3,6-13H2,(H,20,23)(H,21,22);2*1H. The minimum atomic E-state index is 0. The molecule has 140 valence electrons. The number of amides is 1. The molecule has 0 bridgehead atoms. The average molecular weight is 387 g/mol. The molecular formula is C18H28Cl2N4O. The normalized spacial score (nSPS) is 14.6. The van der Waals surface area contributed by atoms with E-state index in [9.17, 15) is 4.79 Å². The van der Waals surface area contributed by atoms with Crippen LogP contribution < -0.4 is 10.6 Å². The number of para-hydroxylation sites is 2. The molecule has 1 fully saturated rings. The number of benzene rings is 1. The van der Waals surface area contributed by atoms with Crippen molar-refractivity contribution in [3.63, 3.8) is 0 Å². The molecule has 0 unspecified atom stereocenters. The van der Waals surface area contributed by atoms with E-state index in [2.05, 4.69) is 20.6 Å². The number of aromatic amines is 1. The van der Waals surface area contributed by atoms with Crippen molar-refractivity contribution in [1.29, 1.82) is 0 Å². The molecule has 3 N–H and O–H groups in total. The Balaban J connectivity index is 0.00000156. The number of aromatic nitrogens is 2. The van der Waals surface area contributed by atoms with Crippen molar-refractivity contribution >= 4 is 41.8 Å². The van der Waals surface area contributed by atoms with Gasteiger partial charge in [0.15, 0.2) is 0 Å². The second-order valence-electron chi connectivity index (χ2n) is 6.39. The van der Waals surface area contributed by atoms with Gasteiger partial charge in [-0.3, -0.25) is 4.79 Å². The lowest BCUT2D eigenvalue weighted by molar-refractivity contribution is -0.121. The fourth-order valence-corrected chi connectivity index (χ4v) is 3.20. The first kappa shape index (κ1) is 21.7. The molecule has 2 aromatic rings. The third-order valence-electron chi connectivity index (χ3n) is 4.59. The summed E-state index contributed by atoms with van der Waals surface area (Å²) in [4.78, 5) is 19.8. The van der Waals surface area contributed by atoms with Crippen molar-refractivity contribution in [1.82, 2.24) is 20.6 Å². The smallest absolute Gasteiger partial charge is 0.220 e. The van der Waals surface area contributed by atoms with E-state index >= 15 is 0 Å². The Labute approximate surface area is 161 Å². The first-order valence-electron chi connectivity index (χ1n) is 8.72. The maximum atomic E-state index is 11.9. The first-order valence-corrected chi connectivity index (χ1v) is 8.72. The van der Waals surface area contributed by atoms with Crippen LogP contribution in [-0.4, -0.2) is 35.5 Å². The molecule has 1 aromatic carbocycles. The van der Waals surface area contributed by atoms with Gasteiger partial charge in [0.05, 0.1) is 11.0 Å². The predicted molar refractivity (Wildman–Crippen MR) is 107 cm³/mol. The van der Waals surface area contributed by atoms with Crippen LogP contribution in [0.2, 0.25) is 0 Å². The van der Waals surface area contributed by atoms with Crippen LogP contribution in [0.5, 0.6) is 0 Å². The molecule has 0 aliphatic carbocycles. The van der Waals surface area contributed by atoms with E-state index in [4.69, 9.17) is 0 Å². The van der Waals surface area contributed by atoms with Gasteiger partial charge in [-0.05, 0) is 56.8 Å². The summed E-state index contributed by atoms with van der Waals surface area (Å²) < 4.78 is 0. The number of aryl methyl sites for hydroxylation is 1. The molecule has 25 heavy (non-hydrogen) atoms. The summed E-state index contributed by atoms with van der Waals surface area (Å²) in [7, 11) is 0. The van der Waals surface area contributed by atoms with E-state index in [1.165, 1.54) is 12.8 Å². The van der Waals surface area contributed by atoms with Crippen LogP contribution in [0.3, 0.4) is 0 Å². The van der Waals surface area contributed by atoms with Crippen LogP contribution in [0.4, 0.5) is 0 Å². The second-order valence-corrected chi connectivity index (χ2v) is 6.39. The van der Waals surface area contributed by atoms with Gasteiger partial charge >= 0.3 is 0 Å². The summed E-state index contributed by atoms with van der Waals surface area (Å²) >= 11 is 0. The highest BCUT2D eigenvalue weighted by molar-refractivity contribution is 5.85. The number of fused-ring (bicyclic) bond motifs is 1. The zero-order valence-corrected chi connectivity index (χ0v) is 16.1. The Morgan fingerprint density at radius 1 is 1.20 bits per heavy atom. The fraction of sp³-hybridized carbons (Fsp3) is 0.556. The molecule has 1 aliphatic rings. The average Bonchev–Trinajstić information content (AvgIpc) is 3.00. The van der Waals surface area contributed by atoms with Gasteiger partial charge < -0.3 is 15.6 Å². The molecule has 1 aliphatic heterocycles. The van der Waals surface area contributed by atoms with Gasteiger partial charge in [-0.15, -0.1) is 24.8 Å². The van der Waals surface area contributed by atoms with E-state index in [0.29, 0.717) is 6.42 Å². The molecule has 7 heteroatoms. The first-order chi connectivity index (χ1) is 11.3. The number of hydrogen-bond donors (Lipinski definition) is 3. The zero-order chi connectivity index (χ0) is 15.9. The number of H-pyrrole nitrogens is 1. The molecule has 1 saturated heterocycles. The summed E-state index contributed by atoms with van der Waals surface area (Å²) in [6, 6.07) is 8.05. The number of rotatable bonds is 7. The van der Waals surface area contributed by atoms with E-state index in [0.717, 1.165) is 61.7 Å². The zero-order valence-electron chi connectivity index (χ0n) is 14.4. The Morgan fingerprint density at radius 3 is 2.72 bits per heavy atom. The van der Waals surface area contributed by atoms with Crippen LogP contribution in [0.15, 0.2) is 24.3 Å². The third-order valence-corrected chi connectivity index (χ3v) is 4.59. The molecule has 5 nitrogen and oxygen atoms in total. The number of piperidine rings is 1. The molecule has 3 rings (SSSR count). The van der Waals surface area contributed by atoms with E-state index in [1.54, 1.807) is 0 Å². The summed E-state index contributed by atoms with van der Waals surface area (Å²) in [5.41, 5.74) is 2.09. The SMILES string of the molecule is Cl.Cl.O=C(CCC1CCNCC1)NCCCc1nc2ccccc2[nH]1. The van der Waals surface area contributed by atoms with Gasteiger partial charge in [0.1, 0.15) is 5.82 Å². The van der Waals surface area contributed by atoms with Crippen LogP contribution in [-0.2, 0) is 11.2 Å². The largest absolute Gasteiger partial charge is 0.356 e. The van der Waals surface area contributed by atoms with Crippen LogP contribution >= 0.6 is 24.8 Å². The number of nitrogens with one attached hydrogen (secondary N) is 3. The molecule has 2 heterocycles. The van der Waals surface area contributed by atoms with E-state index in [-0.39, 0.29) is 30.7 Å². The highest BCUT2D eigenvalue weighted by Gasteiger charge is 2.14. The van der Waals surface area contributed by atoms with Crippen molar-refractivity contribution in [2.45, 2.75) is 38.5 Å². The van der Waals surface area contributed by atoms with Crippen molar-refractivity contribution < 1.29 is 4.79 Å². The van der Waals surface area contributed by atoms with Crippen molar-refractivity contribution in [3.05, 3.63) is 30.1 Å². The Bertz CT molecular complexity index is 608. The van der Waals surface area contributed by atoms with E-state index in [1.807, 2.05) is 24.3 Å². The Morgan fingerprint density at radius 2 is 1.96 bits per heavy atom. The Hall–Kier alpha value is -1.30. The van der Waals surface area contributed by atoms with Gasteiger partial charge in [-0.1, -0.05) is 12.1 Å². The van der Waals surface area contributed by atoms with Crippen LogP contribution in [0.25, 0.3) is 11.0 Å².